The number of carbonyl (C=O) groups is 1. The summed E-state index contributed by atoms with van der Waals surface area (Å²) in [5.41, 5.74) is 0.493. The van der Waals surface area contributed by atoms with Crippen molar-refractivity contribution in [3.8, 4) is 0 Å². The van der Waals surface area contributed by atoms with E-state index in [1.165, 1.54) is 21.9 Å². The number of hydrogen-bond acceptors (Lipinski definition) is 7. The minimum absolute atomic E-state index is 0.0196. The molecule has 3 heterocycles. The fourth-order valence-corrected chi connectivity index (χ4v) is 2.71. The Morgan fingerprint density at radius 3 is 3.00 bits per heavy atom. The smallest absolute Gasteiger partial charge is 0.275 e. The van der Waals surface area contributed by atoms with Crippen LogP contribution < -0.4 is 16.2 Å². The molecule has 0 fully saturated rings. The molecule has 0 aliphatic heterocycles. The van der Waals surface area contributed by atoms with Crippen LogP contribution >= 0.6 is 11.3 Å². The molecule has 0 aliphatic carbocycles. The Morgan fingerprint density at radius 2 is 2.26 bits per heavy atom. The van der Waals surface area contributed by atoms with Gasteiger partial charge in [0.25, 0.3) is 5.56 Å². The van der Waals surface area contributed by atoms with Crippen LogP contribution in [0.25, 0.3) is 4.96 Å². The predicted molar refractivity (Wildman–Crippen MR) is 87.9 cm³/mol. The number of aryl methyl sites for hydroxylation is 1. The minimum atomic E-state index is -0.252. The van der Waals surface area contributed by atoms with Crippen LogP contribution in [0.1, 0.15) is 12.6 Å². The molecule has 0 unspecified atom stereocenters. The summed E-state index contributed by atoms with van der Waals surface area (Å²) in [6.45, 7) is 1.95. The van der Waals surface area contributed by atoms with Gasteiger partial charge in [-0.3, -0.25) is 9.59 Å². The van der Waals surface area contributed by atoms with Crippen LogP contribution in [0.2, 0.25) is 0 Å². The molecule has 2 N–H and O–H groups in total. The molecule has 118 valence electrons. The molecule has 3 aromatic heterocycles. The maximum atomic E-state index is 11.9. The normalized spacial score (nSPS) is 10.7. The molecule has 0 atom stereocenters. The Morgan fingerprint density at radius 1 is 1.39 bits per heavy atom. The number of fused-ring (bicyclic) bond motifs is 1. The molecular formula is C14H14N6O2S. The van der Waals surface area contributed by atoms with Crippen LogP contribution in [0.15, 0.2) is 35.3 Å². The van der Waals surface area contributed by atoms with Gasteiger partial charge in [0.05, 0.1) is 6.54 Å². The lowest BCUT2D eigenvalue weighted by Crippen LogP contribution is -2.22. The topological polar surface area (TPSA) is 101 Å². The summed E-state index contributed by atoms with van der Waals surface area (Å²) in [6, 6.07) is 6.72. The fraction of sp³-hybridized carbons (Fsp3) is 0.214. The number of pyridine rings is 1. The summed E-state index contributed by atoms with van der Waals surface area (Å²) >= 11 is 1.22. The quantitative estimate of drug-likeness (QED) is 0.728. The van der Waals surface area contributed by atoms with Gasteiger partial charge in [-0.15, -0.1) is 5.10 Å². The molecule has 9 heteroatoms. The second-order valence-electron chi connectivity index (χ2n) is 4.66. The zero-order valence-electron chi connectivity index (χ0n) is 12.3. The highest BCUT2D eigenvalue weighted by molar-refractivity contribution is 7.20. The van der Waals surface area contributed by atoms with Crippen molar-refractivity contribution in [1.29, 1.82) is 0 Å². The fourth-order valence-electron chi connectivity index (χ4n) is 1.89. The monoisotopic (exact) mass is 330 g/mol. The summed E-state index contributed by atoms with van der Waals surface area (Å²) < 4.78 is 1.23. The molecule has 3 aromatic rings. The van der Waals surface area contributed by atoms with E-state index in [9.17, 15) is 9.59 Å². The van der Waals surface area contributed by atoms with Crippen LogP contribution in [0.3, 0.4) is 0 Å². The maximum Gasteiger partial charge on any atom is 0.275 e. The van der Waals surface area contributed by atoms with Crippen molar-refractivity contribution in [2.45, 2.75) is 13.3 Å². The zero-order valence-corrected chi connectivity index (χ0v) is 13.1. The molecule has 0 aliphatic rings. The molecule has 8 nitrogen and oxygen atoms in total. The first-order chi connectivity index (χ1) is 11.2. The first-order valence-electron chi connectivity index (χ1n) is 7.00. The van der Waals surface area contributed by atoms with Gasteiger partial charge in [-0.2, -0.15) is 4.52 Å². The standard InChI is InChI=1S/C14H14N6O2S/c1-2-9-7-12(22)20-14(17-9)23-13(19-20)16-8-11(21)18-10-5-3-4-6-15-10/h3-7H,2,8H2,1H3,(H,16,19)(H,15,18,21). The maximum absolute atomic E-state index is 11.9. The van der Waals surface area contributed by atoms with E-state index in [1.54, 1.807) is 24.4 Å². The van der Waals surface area contributed by atoms with Crippen molar-refractivity contribution >= 4 is 33.2 Å². The van der Waals surface area contributed by atoms with Crippen molar-refractivity contribution in [3.05, 3.63) is 46.5 Å². The number of aromatic nitrogens is 4. The average Bonchev–Trinajstić information content (AvgIpc) is 2.97. The summed E-state index contributed by atoms with van der Waals surface area (Å²) in [7, 11) is 0. The van der Waals surface area contributed by atoms with Gasteiger partial charge in [-0.25, -0.2) is 9.97 Å². The van der Waals surface area contributed by atoms with Crippen molar-refractivity contribution in [2.75, 3.05) is 17.2 Å². The lowest BCUT2D eigenvalue weighted by Gasteiger charge is -2.03. The van der Waals surface area contributed by atoms with Crippen LogP contribution in [0.4, 0.5) is 10.9 Å². The second-order valence-corrected chi connectivity index (χ2v) is 5.61. The SMILES string of the molecule is CCc1cc(=O)n2nc(NCC(=O)Nc3ccccn3)sc2n1. The Hall–Kier alpha value is -2.81. The number of anilines is 2. The highest BCUT2D eigenvalue weighted by Crippen LogP contribution is 2.16. The van der Waals surface area contributed by atoms with E-state index < -0.39 is 0 Å². The van der Waals surface area contributed by atoms with Crippen molar-refractivity contribution in [2.24, 2.45) is 0 Å². The number of carbonyl (C=O) groups excluding carboxylic acids is 1. The van der Waals surface area contributed by atoms with Gasteiger partial charge < -0.3 is 10.6 Å². The lowest BCUT2D eigenvalue weighted by molar-refractivity contribution is -0.114. The number of hydrogen-bond donors (Lipinski definition) is 2. The first-order valence-corrected chi connectivity index (χ1v) is 7.82. The Balaban J connectivity index is 1.68. The second kappa shape index (κ2) is 6.53. The highest BCUT2D eigenvalue weighted by Gasteiger charge is 2.09. The highest BCUT2D eigenvalue weighted by atomic mass is 32.1. The van der Waals surface area contributed by atoms with E-state index in [0.717, 1.165) is 5.69 Å². The van der Waals surface area contributed by atoms with E-state index in [4.69, 9.17) is 0 Å². The third-order valence-electron chi connectivity index (χ3n) is 2.99. The summed E-state index contributed by atoms with van der Waals surface area (Å²) in [5.74, 6) is 0.228. The Labute approximate surface area is 135 Å². The first kappa shape index (κ1) is 15.1. The largest absolute Gasteiger partial charge is 0.351 e. The number of nitrogens with zero attached hydrogens (tertiary/aromatic N) is 4. The molecule has 0 saturated carbocycles. The van der Waals surface area contributed by atoms with Gasteiger partial charge >= 0.3 is 0 Å². The van der Waals surface area contributed by atoms with Gasteiger partial charge in [0.15, 0.2) is 0 Å². The van der Waals surface area contributed by atoms with Crippen LogP contribution in [-0.2, 0) is 11.2 Å². The molecule has 0 aromatic carbocycles. The van der Waals surface area contributed by atoms with E-state index in [1.807, 2.05) is 6.92 Å². The minimum Gasteiger partial charge on any atom is -0.351 e. The zero-order chi connectivity index (χ0) is 16.2. The summed E-state index contributed by atoms with van der Waals surface area (Å²) in [6.07, 6.45) is 2.28. The van der Waals surface area contributed by atoms with E-state index in [0.29, 0.717) is 22.3 Å². The van der Waals surface area contributed by atoms with Gasteiger partial charge in [-0.05, 0) is 18.6 Å². The molecular weight excluding hydrogens is 316 g/mol. The van der Waals surface area contributed by atoms with Crippen molar-refractivity contribution in [1.82, 2.24) is 19.6 Å². The molecule has 23 heavy (non-hydrogen) atoms. The number of rotatable bonds is 5. The molecule has 0 spiro atoms. The average molecular weight is 330 g/mol. The third kappa shape index (κ3) is 3.51. The molecule has 0 radical (unpaired) electrons. The molecule has 1 amide bonds. The summed E-state index contributed by atoms with van der Waals surface area (Å²) in [4.78, 5) is 32.6. The van der Waals surface area contributed by atoms with E-state index in [2.05, 4.69) is 25.7 Å². The van der Waals surface area contributed by atoms with Gasteiger partial charge in [-0.1, -0.05) is 24.3 Å². The molecule has 0 saturated heterocycles. The third-order valence-corrected chi connectivity index (χ3v) is 3.86. The van der Waals surface area contributed by atoms with Gasteiger partial charge in [0.1, 0.15) is 5.82 Å². The molecule has 3 rings (SSSR count). The summed E-state index contributed by atoms with van der Waals surface area (Å²) in [5, 5.41) is 10.1. The lowest BCUT2D eigenvalue weighted by atomic mass is 10.3. The van der Waals surface area contributed by atoms with Crippen LogP contribution in [0, 0.1) is 0 Å². The predicted octanol–water partition coefficient (Wildman–Crippen LogP) is 1.16. The van der Waals surface area contributed by atoms with Crippen LogP contribution in [-0.4, -0.2) is 32.0 Å². The van der Waals surface area contributed by atoms with Gasteiger partial charge in [0, 0.05) is 18.0 Å². The Kier molecular flexibility index (Phi) is 4.29. The van der Waals surface area contributed by atoms with Crippen molar-refractivity contribution < 1.29 is 4.79 Å². The van der Waals surface area contributed by atoms with Gasteiger partial charge in [0.2, 0.25) is 16.0 Å². The van der Waals surface area contributed by atoms with Crippen LogP contribution in [0.5, 0.6) is 0 Å². The Bertz CT molecular complexity index is 889. The van der Waals surface area contributed by atoms with E-state index in [-0.39, 0.29) is 18.0 Å². The molecule has 0 bridgehead atoms. The van der Waals surface area contributed by atoms with E-state index >= 15 is 0 Å². The van der Waals surface area contributed by atoms with Crippen molar-refractivity contribution in [3.63, 3.8) is 0 Å². The number of amides is 1. The number of nitrogens with one attached hydrogen (secondary N) is 2.